The summed E-state index contributed by atoms with van der Waals surface area (Å²) in [5.74, 6) is 1.58. The van der Waals surface area contributed by atoms with Crippen LogP contribution in [0.15, 0.2) is 84.0 Å². The summed E-state index contributed by atoms with van der Waals surface area (Å²) >= 11 is 0. The first-order chi connectivity index (χ1) is 15.7. The molecule has 9 nitrogen and oxygen atoms in total. The van der Waals surface area contributed by atoms with Gasteiger partial charge in [-0.05, 0) is 42.5 Å². The number of hydrogen-bond donors (Lipinski definition) is 4. The number of hydrogen-bond acceptors (Lipinski definition) is 9. The number of phenols is 1. The number of ether oxygens (including phenoxy) is 1. The molecule has 3 aromatic carbocycles. The highest BCUT2D eigenvalue weighted by molar-refractivity contribution is 5.84. The van der Waals surface area contributed by atoms with Gasteiger partial charge in [-0.3, -0.25) is 0 Å². The molecule has 4 rings (SSSR count). The number of nitrogens with one attached hydrogen (secondary N) is 3. The van der Waals surface area contributed by atoms with Gasteiger partial charge in [-0.1, -0.05) is 36.4 Å². The van der Waals surface area contributed by atoms with Gasteiger partial charge >= 0.3 is 0 Å². The van der Waals surface area contributed by atoms with Crippen LogP contribution in [-0.4, -0.2) is 33.4 Å². The number of para-hydroxylation sites is 2. The number of rotatable bonds is 8. The molecule has 0 saturated heterocycles. The predicted molar refractivity (Wildman–Crippen MR) is 125 cm³/mol. The molecular formula is C23H21N7O2. The molecule has 0 aliphatic heterocycles. The number of hydrazone groups is 1. The molecule has 0 bridgehead atoms. The predicted octanol–water partition coefficient (Wildman–Crippen LogP) is 4.52. The largest absolute Gasteiger partial charge is 0.507 e. The minimum Gasteiger partial charge on any atom is -0.507 e. The minimum absolute atomic E-state index is 0.0739. The SMILES string of the molecule is COc1ccc(O)c(/C=N/Nc2nc(Nc3ccccc3)nc(Nc3ccccc3)n2)c1. The molecule has 0 aliphatic carbocycles. The lowest BCUT2D eigenvalue weighted by atomic mass is 10.2. The first-order valence-corrected chi connectivity index (χ1v) is 9.76. The third-order valence-corrected chi connectivity index (χ3v) is 4.30. The highest BCUT2D eigenvalue weighted by atomic mass is 16.5. The molecule has 1 aromatic heterocycles. The highest BCUT2D eigenvalue weighted by Gasteiger charge is 2.08. The molecular weight excluding hydrogens is 406 g/mol. The maximum atomic E-state index is 10.0. The lowest BCUT2D eigenvalue weighted by molar-refractivity contribution is 0.412. The van der Waals surface area contributed by atoms with Gasteiger partial charge in [-0.2, -0.15) is 20.1 Å². The quantitative estimate of drug-likeness (QED) is 0.240. The second-order valence-electron chi connectivity index (χ2n) is 6.58. The van der Waals surface area contributed by atoms with Gasteiger partial charge in [-0.15, -0.1) is 0 Å². The van der Waals surface area contributed by atoms with E-state index in [4.69, 9.17) is 4.74 Å². The number of aromatic nitrogens is 3. The van der Waals surface area contributed by atoms with Gasteiger partial charge in [-0.25, -0.2) is 5.43 Å². The van der Waals surface area contributed by atoms with Crippen LogP contribution in [0.3, 0.4) is 0 Å². The molecule has 4 N–H and O–H groups in total. The molecule has 0 atom stereocenters. The third-order valence-electron chi connectivity index (χ3n) is 4.30. The summed E-state index contributed by atoms with van der Waals surface area (Å²) in [4.78, 5) is 13.2. The molecule has 0 radical (unpaired) electrons. The van der Waals surface area contributed by atoms with Crippen molar-refractivity contribution in [3.8, 4) is 11.5 Å². The van der Waals surface area contributed by atoms with Crippen molar-refractivity contribution in [2.45, 2.75) is 0 Å². The third kappa shape index (κ3) is 5.48. The molecule has 1 heterocycles. The van der Waals surface area contributed by atoms with E-state index < -0.39 is 0 Å². The Hall–Kier alpha value is -4.66. The Bertz CT molecular complexity index is 1140. The van der Waals surface area contributed by atoms with Crippen LogP contribution in [-0.2, 0) is 0 Å². The van der Waals surface area contributed by atoms with E-state index in [0.29, 0.717) is 23.2 Å². The Labute approximate surface area is 184 Å². The van der Waals surface area contributed by atoms with Gasteiger partial charge in [0.15, 0.2) is 0 Å². The number of benzene rings is 3. The Morgan fingerprint density at radius 1 is 0.781 bits per heavy atom. The van der Waals surface area contributed by atoms with Crippen molar-refractivity contribution in [2.24, 2.45) is 5.10 Å². The zero-order chi connectivity index (χ0) is 22.2. The van der Waals surface area contributed by atoms with Gasteiger partial charge in [0.05, 0.1) is 13.3 Å². The number of nitrogens with zero attached hydrogens (tertiary/aromatic N) is 4. The number of anilines is 5. The summed E-state index contributed by atoms with van der Waals surface area (Å²) in [7, 11) is 1.55. The van der Waals surface area contributed by atoms with Crippen LogP contribution in [0.25, 0.3) is 0 Å². The maximum Gasteiger partial charge on any atom is 0.250 e. The zero-order valence-electron chi connectivity index (χ0n) is 17.2. The monoisotopic (exact) mass is 427 g/mol. The lowest BCUT2D eigenvalue weighted by Gasteiger charge is -2.10. The average molecular weight is 427 g/mol. The van der Waals surface area contributed by atoms with Crippen molar-refractivity contribution in [3.05, 3.63) is 84.4 Å². The average Bonchev–Trinajstić information content (AvgIpc) is 2.81. The maximum absolute atomic E-state index is 10.0. The van der Waals surface area contributed by atoms with Crippen molar-refractivity contribution in [2.75, 3.05) is 23.2 Å². The number of methoxy groups -OCH3 is 1. The Morgan fingerprint density at radius 2 is 1.34 bits per heavy atom. The van der Waals surface area contributed by atoms with Crippen LogP contribution in [0.2, 0.25) is 0 Å². The molecule has 0 saturated carbocycles. The topological polar surface area (TPSA) is 117 Å². The second-order valence-corrected chi connectivity index (χ2v) is 6.58. The molecule has 0 fully saturated rings. The van der Waals surface area contributed by atoms with Crippen molar-refractivity contribution in [1.29, 1.82) is 0 Å². The van der Waals surface area contributed by atoms with E-state index in [0.717, 1.165) is 11.4 Å². The van der Waals surface area contributed by atoms with Crippen molar-refractivity contribution in [1.82, 2.24) is 15.0 Å². The standard InChI is InChI=1S/C23H21N7O2/c1-32-19-12-13-20(31)16(14-19)15-24-30-23-28-21(25-17-8-4-2-5-9-17)27-22(29-23)26-18-10-6-3-7-11-18/h2-15,31H,1H3,(H3,25,26,27,28,29,30)/b24-15+. The summed E-state index contributed by atoms with van der Waals surface area (Å²) in [5.41, 5.74) is 4.93. The van der Waals surface area contributed by atoms with Gasteiger partial charge in [0.1, 0.15) is 11.5 Å². The van der Waals surface area contributed by atoms with E-state index in [-0.39, 0.29) is 11.7 Å². The van der Waals surface area contributed by atoms with Crippen molar-refractivity contribution >= 4 is 35.4 Å². The Balaban J connectivity index is 1.58. The zero-order valence-corrected chi connectivity index (χ0v) is 17.2. The van der Waals surface area contributed by atoms with E-state index >= 15 is 0 Å². The van der Waals surface area contributed by atoms with E-state index in [1.165, 1.54) is 12.3 Å². The fourth-order valence-electron chi connectivity index (χ4n) is 2.76. The molecule has 0 aliphatic rings. The molecule has 0 spiro atoms. The van der Waals surface area contributed by atoms with Crippen LogP contribution in [0.4, 0.5) is 29.2 Å². The fraction of sp³-hybridized carbons (Fsp3) is 0.0435. The summed E-state index contributed by atoms with van der Waals surface area (Å²) in [6.45, 7) is 0. The first kappa shape index (κ1) is 20.6. The van der Waals surface area contributed by atoms with E-state index in [1.807, 2.05) is 60.7 Å². The summed E-state index contributed by atoms with van der Waals surface area (Å²) in [5, 5.41) is 20.5. The Morgan fingerprint density at radius 3 is 1.91 bits per heavy atom. The van der Waals surface area contributed by atoms with Crippen LogP contribution in [0.5, 0.6) is 11.5 Å². The molecule has 0 amide bonds. The van der Waals surface area contributed by atoms with E-state index in [1.54, 1.807) is 19.2 Å². The second kappa shape index (κ2) is 9.90. The van der Waals surface area contributed by atoms with E-state index in [2.05, 4.69) is 36.1 Å². The molecule has 0 unspecified atom stereocenters. The lowest BCUT2D eigenvalue weighted by Crippen LogP contribution is -2.07. The smallest absolute Gasteiger partial charge is 0.250 e. The van der Waals surface area contributed by atoms with Gasteiger partial charge in [0.25, 0.3) is 0 Å². The molecule has 4 aromatic rings. The van der Waals surface area contributed by atoms with Gasteiger partial charge < -0.3 is 20.5 Å². The molecule has 32 heavy (non-hydrogen) atoms. The highest BCUT2D eigenvalue weighted by Crippen LogP contribution is 2.22. The minimum atomic E-state index is 0.0739. The number of aromatic hydroxyl groups is 1. The van der Waals surface area contributed by atoms with Crippen LogP contribution in [0.1, 0.15) is 5.56 Å². The summed E-state index contributed by atoms with van der Waals surface area (Å²) in [6, 6.07) is 24.0. The van der Waals surface area contributed by atoms with Gasteiger partial charge in [0.2, 0.25) is 17.8 Å². The molecule has 9 heteroatoms. The summed E-state index contributed by atoms with van der Waals surface area (Å²) in [6.07, 6.45) is 1.45. The normalized spacial score (nSPS) is 10.7. The first-order valence-electron chi connectivity index (χ1n) is 9.76. The Kier molecular flexibility index (Phi) is 6.37. The van der Waals surface area contributed by atoms with E-state index in [9.17, 15) is 5.11 Å². The van der Waals surface area contributed by atoms with Crippen LogP contribution in [0, 0.1) is 0 Å². The molecule has 160 valence electrons. The van der Waals surface area contributed by atoms with Crippen LogP contribution >= 0.6 is 0 Å². The van der Waals surface area contributed by atoms with Crippen molar-refractivity contribution in [3.63, 3.8) is 0 Å². The van der Waals surface area contributed by atoms with Crippen molar-refractivity contribution < 1.29 is 9.84 Å². The van der Waals surface area contributed by atoms with Crippen LogP contribution < -0.4 is 20.8 Å². The number of phenolic OH excluding ortho intramolecular Hbond substituents is 1. The fourth-order valence-corrected chi connectivity index (χ4v) is 2.76. The summed E-state index contributed by atoms with van der Waals surface area (Å²) < 4.78 is 5.18. The van der Waals surface area contributed by atoms with Gasteiger partial charge in [0, 0.05) is 16.9 Å².